The summed E-state index contributed by atoms with van der Waals surface area (Å²) >= 11 is 0. The highest BCUT2D eigenvalue weighted by atomic mass is 16.5. The largest absolute Gasteiger partial charge is 0.465 e. The first kappa shape index (κ1) is 14.6. The Hall–Kier alpha value is -2.28. The molecular weight excluding hydrogens is 286 g/mol. The monoisotopic (exact) mass is 305 g/mol. The first-order valence-corrected chi connectivity index (χ1v) is 7.44. The molecular formula is C15H19N3O4. The summed E-state index contributed by atoms with van der Waals surface area (Å²) < 4.78 is 11.6. The number of piperazine rings is 1. The van der Waals surface area contributed by atoms with E-state index in [0.717, 1.165) is 31.9 Å². The molecule has 0 unspecified atom stereocenters. The van der Waals surface area contributed by atoms with Crippen molar-refractivity contribution in [1.82, 2.24) is 9.88 Å². The molecule has 1 aliphatic heterocycles. The SMILES string of the molecule is CCOC(=O)Cn1c(=O)oc2cccc(N3CCNCC3)c21. The fourth-order valence-corrected chi connectivity index (χ4v) is 2.75. The second kappa shape index (κ2) is 6.23. The van der Waals surface area contributed by atoms with E-state index < -0.39 is 11.7 Å². The molecule has 1 fully saturated rings. The molecule has 0 spiro atoms. The summed E-state index contributed by atoms with van der Waals surface area (Å²) in [6.07, 6.45) is 0. The zero-order valence-electron chi connectivity index (χ0n) is 12.5. The van der Waals surface area contributed by atoms with Gasteiger partial charge in [0.15, 0.2) is 5.58 Å². The number of carbonyl (C=O) groups excluding carboxylic acids is 1. The van der Waals surface area contributed by atoms with Gasteiger partial charge in [-0.2, -0.15) is 0 Å². The predicted molar refractivity (Wildman–Crippen MR) is 82.2 cm³/mol. The number of nitrogens with zero attached hydrogens (tertiary/aromatic N) is 2. The number of hydrogen-bond donors (Lipinski definition) is 1. The quantitative estimate of drug-likeness (QED) is 0.832. The van der Waals surface area contributed by atoms with Crippen LogP contribution >= 0.6 is 0 Å². The van der Waals surface area contributed by atoms with Crippen LogP contribution in [0.15, 0.2) is 27.4 Å². The smallest absolute Gasteiger partial charge is 0.420 e. The average molecular weight is 305 g/mol. The summed E-state index contributed by atoms with van der Waals surface area (Å²) in [5.74, 6) is -0.979. The summed E-state index contributed by atoms with van der Waals surface area (Å²) in [5.41, 5.74) is 2.06. The lowest BCUT2D eigenvalue weighted by atomic mass is 10.2. The number of oxazole rings is 1. The molecule has 1 aliphatic rings. The molecule has 0 saturated carbocycles. The number of para-hydroxylation sites is 1. The lowest BCUT2D eigenvalue weighted by Crippen LogP contribution is -2.43. The second-order valence-electron chi connectivity index (χ2n) is 5.12. The molecule has 1 aromatic heterocycles. The van der Waals surface area contributed by atoms with E-state index in [0.29, 0.717) is 11.1 Å². The second-order valence-corrected chi connectivity index (χ2v) is 5.12. The van der Waals surface area contributed by atoms with Crippen molar-refractivity contribution in [1.29, 1.82) is 0 Å². The number of anilines is 1. The lowest BCUT2D eigenvalue weighted by Gasteiger charge is -2.29. The van der Waals surface area contributed by atoms with E-state index >= 15 is 0 Å². The van der Waals surface area contributed by atoms with Crippen molar-refractivity contribution in [3.8, 4) is 0 Å². The van der Waals surface area contributed by atoms with Crippen LogP contribution in [0.4, 0.5) is 5.69 Å². The predicted octanol–water partition coefficient (Wildman–Crippen LogP) is 0.567. The summed E-state index contributed by atoms with van der Waals surface area (Å²) in [4.78, 5) is 26.0. The molecule has 0 atom stereocenters. The Morgan fingerprint density at radius 3 is 2.86 bits per heavy atom. The maximum absolute atomic E-state index is 12.1. The topological polar surface area (TPSA) is 76.7 Å². The van der Waals surface area contributed by atoms with Crippen molar-refractivity contribution in [3.05, 3.63) is 28.7 Å². The minimum atomic E-state index is -0.536. The number of fused-ring (bicyclic) bond motifs is 1. The van der Waals surface area contributed by atoms with Crippen LogP contribution in [-0.2, 0) is 16.1 Å². The minimum absolute atomic E-state index is 0.136. The van der Waals surface area contributed by atoms with Crippen LogP contribution in [0.1, 0.15) is 6.92 Å². The molecule has 0 amide bonds. The summed E-state index contributed by atoms with van der Waals surface area (Å²) in [5, 5.41) is 3.29. The van der Waals surface area contributed by atoms with Gasteiger partial charge in [-0.1, -0.05) is 6.07 Å². The molecule has 2 heterocycles. The van der Waals surface area contributed by atoms with Crippen LogP contribution < -0.4 is 16.0 Å². The van der Waals surface area contributed by atoms with Crippen LogP contribution in [-0.4, -0.2) is 43.3 Å². The normalized spacial score (nSPS) is 15.2. The van der Waals surface area contributed by atoms with E-state index in [1.165, 1.54) is 4.57 Å². The Balaban J connectivity index is 2.05. The van der Waals surface area contributed by atoms with Crippen LogP contribution in [0.25, 0.3) is 11.1 Å². The summed E-state index contributed by atoms with van der Waals surface area (Å²) in [7, 11) is 0. The molecule has 1 saturated heterocycles. The Bertz CT molecular complexity index is 728. The van der Waals surface area contributed by atoms with Gasteiger partial charge in [0.05, 0.1) is 12.3 Å². The first-order chi connectivity index (χ1) is 10.7. The Labute approximate surface area is 127 Å². The van der Waals surface area contributed by atoms with Crippen molar-refractivity contribution >= 4 is 22.8 Å². The van der Waals surface area contributed by atoms with Crippen molar-refractivity contribution in [2.24, 2.45) is 0 Å². The zero-order chi connectivity index (χ0) is 15.5. The minimum Gasteiger partial charge on any atom is -0.465 e. The highest BCUT2D eigenvalue weighted by Crippen LogP contribution is 2.26. The fraction of sp³-hybridized carbons (Fsp3) is 0.467. The molecule has 3 rings (SSSR count). The van der Waals surface area contributed by atoms with Gasteiger partial charge in [0.1, 0.15) is 12.1 Å². The van der Waals surface area contributed by atoms with Gasteiger partial charge >= 0.3 is 11.7 Å². The first-order valence-electron chi connectivity index (χ1n) is 7.44. The van der Waals surface area contributed by atoms with Gasteiger partial charge in [0, 0.05) is 26.2 Å². The number of rotatable bonds is 4. The van der Waals surface area contributed by atoms with Crippen molar-refractivity contribution < 1.29 is 13.9 Å². The number of carbonyl (C=O) groups is 1. The van der Waals surface area contributed by atoms with E-state index in [-0.39, 0.29) is 13.2 Å². The van der Waals surface area contributed by atoms with Crippen LogP contribution in [0.5, 0.6) is 0 Å². The van der Waals surface area contributed by atoms with Gasteiger partial charge in [0.25, 0.3) is 0 Å². The Morgan fingerprint density at radius 1 is 1.36 bits per heavy atom. The van der Waals surface area contributed by atoms with E-state index in [4.69, 9.17) is 9.15 Å². The molecule has 0 bridgehead atoms. The van der Waals surface area contributed by atoms with Gasteiger partial charge in [-0.25, -0.2) is 4.79 Å². The maximum atomic E-state index is 12.1. The van der Waals surface area contributed by atoms with Gasteiger partial charge in [-0.3, -0.25) is 9.36 Å². The highest BCUT2D eigenvalue weighted by molar-refractivity contribution is 5.88. The van der Waals surface area contributed by atoms with Crippen LogP contribution in [0, 0.1) is 0 Å². The standard InChI is InChI=1S/C15H19N3O4/c1-2-21-13(19)10-18-14-11(17-8-6-16-7-9-17)4-3-5-12(14)22-15(18)20/h3-5,16H,2,6-10H2,1H3. The zero-order valence-corrected chi connectivity index (χ0v) is 12.5. The molecule has 7 nitrogen and oxygen atoms in total. The third kappa shape index (κ3) is 2.71. The average Bonchev–Trinajstić information content (AvgIpc) is 2.84. The molecule has 2 aromatic rings. The molecule has 0 aliphatic carbocycles. The van der Waals surface area contributed by atoms with Gasteiger partial charge in [0.2, 0.25) is 0 Å². The Morgan fingerprint density at radius 2 is 2.14 bits per heavy atom. The van der Waals surface area contributed by atoms with Gasteiger partial charge in [-0.05, 0) is 19.1 Å². The molecule has 22 heavy (non-hydrogen) atoms. The van der Waals surface area contributed by atoms with E-state index in [1.807, 2.05) is 12.1 Å². The van der Waals surface area contributed by atoms with Gasteiger partial charge < -0.3 is 19.4 Å². The number of hydrogen-bond acceptors (Lipinski definition) is 6. The molecule has 118 valence electrons. The van der Waals surface area contributed by atoms with Crippen LogP contribution in [0.3, 0.4) is 0 Å². The number of aromatic nitrogens is 1. The third-order valence-corrected chi connectivity index (χ3v) is 3.72. The fourth-order valence-electron chi connectivity index (χ4n) is 2.75. The van der Waals surface area contributed by atoms with Crippen LogP contribution in [0.2, 0.25) is 0 Å². The highest BCUT2D eigenvalue weighted by Gasteiger charge is 2.20. The Kier molecular flexibility index (Phi) is 4.15. The van der Waals surface area contributed by atoms with Crippen molar-refractivity contribution in [2.75, 3.05) is 37.7 Å². The van der Waals surface area contributed by atoms with Gasteiger partial charge in [-0.15, -0.1) is 0 Å². The van der Waals surface area contributed by atoms with Crippen molar-refractivity contribution in [3.63, 3.8) is 0 Å². The number of ether oxygens (including phenoxy) is 1. The van der Waals surface area contributed by atoms with Crippen molar-refractivity contribution in [2.45, 2.75) is 13.5 Å². The summed E-state index contributed by atoms with van der Waals surface area (Å²) in [6.45, 7) is 5.35. The number of nitrogens with one attached hydrogen (secondary N) is 1. The van der Waals surface area contributed by atoms with E-state index in [2.05, 4.69) is 10.2 Å². The maximum Gasteiger partial charge on any atom is 0.420 e. The third-order valence-electron chi connectivity index (χ3n) is 3.72. The van der Waals surface area contributed by atoms with E-state index in [1.54, 1.807) is 13.0 Å². The molecule has 1 N–H and O–H groups in total. The van der Waals surface area contributed by atoms with E-state index in [9.17, 15) is 9.59 Å². The lowest BCUT2D eigenvalue weighted by molar-refractivity contribution is -0.143. The molecule has 1 aromatic carbocycles. The molecule has 7 heteroatoms. The summed E-state index contributed by atoms with van der Waals surface area (Å²) in [6, 6.07) is 5.55. The molecule has 0 radical (unpaired) electrons. The number of benzene rings is 1. The number of esters is 1.